The maximum Gasteiger partial charge on any atom is 0.185 e. The van der Waals surface area contributed by atoms with Crippen LogP contribution >= 0.6 is 11.3 Å². The first-order valence-electron chi connectivity index (χ1n) is 7.18. The highest BCUT2D eigenvalue weighted by molar-refractivity contribution is 7.15. The van der Waals surface area contributed by atoms with Gasteiger partial charge in [0.1, 0.15) is 0 Å². The van der Waals surface area contributed by atoms with E-state index in [2.05, 4.69) is 25.8 Å². The Morgan fingerprint density at radius 2 is 2.37 bits per heavy atom. The molecule has 4 nitrogen and oxygen atoms in total. The van der Waals surface area contributed by atoms with Gasteiger partial charge in [-0.15, -0.1) is 11.3 Å². The van der Waals surface area contributed by atoms with Crippen LogP contribution < -0.4 is 10.6 Å². The molecule has 1 aromatic heterocycles. The molecular formula is C14H25N3OS. The number of ether oxygens (including phenoxy) is 1. The van der Waals surface area contributed by atoms with Gasteiger partial charge in [-0.3, -0.25) is 0 Å². The molecule has 19 heavy (non-hydrogen) atoms. The smallest absolute Gasteiger partial charge is 0.185 e. The molecule has 108 valence electrons. The van der Waals surface area contributed by atoms with E-state index in [9.17, 15) is 0 Å². The lowest BCUT2D eigenvalue weighted by Crippen LogP contribution is -2.28. The van der Waals surface area contributed by atoms with E-state index < -0.39 is 0 Å². The van der Waals surface area contributed by atoms with Gasteiger partial charge in [0.25, 0.3) is 0 Å². The molecule has 1 aliphatic heterocycles. The number of aromatic nitrogens is 1. The van der Waals surface area contributed by atoms with Crippen LogP contribution in [-0.4, -0.2) is 31.3 Å². The molecule has 1 saturated heterocycles. The summed E-state index contributed by atoms with van der Waals surface area (Å²) < 4.78 is 5.69. The van der Waals surface area contributed by atoms with Gasteiger partial charge in [-0.2, -0.15) is 0 Å². The van der Waals surface area contributed by atoms with Crippen molar-refractivity contribution in [1.82, 2.24) is 4.98 Å². The molecule has 1 aliphatic rings. The molecule has 0 amide bonds. The van der Waals surface area contributed by atoms with Crippen molar-refractivity contribution in [2.24, 2.45) is 5.73 Å². The van der Waals surface area contributed by atoms with Gasteiger partial charge in [0, 0.05) is 31.6 Å². The molecule has 1 aromatic rings. The highest BCUT2D eigenvalue weighted by atomic mass is 32.1. The highest BCUT2D eigenvalue weighted by Gasteiger charge is 2.21. The molecule has 5 heteroatoms. The summed E-state index contributed by atoms with van der Waals surface area (Å²) in [7, 11) is 2.10. The predicted molar refractivity (Wildman–Crippen MR) is 81.0 cm³/mol. The summed E-state index contributed by atoms with van der Waals surface area (Å²) in [6, 6.07) is 0. The van der Waals surface area contributed by atoms with E-state index in [-0.39, 0.29) is 0 Å². The summed E-state index contributed by atoms with van der Waals surface area (Å²) in [5.41, 5.74) is 7.03. The van der Waals surface area contributed by atoms with Crippen molar-refractivity contribution >= 4 is 16.5 Å². The van der Waals surface area contributed by atoms with Crippen LogP contribution in [0.25, 0.3) is 0 Å². The highest BCUT2D eigenvalue weighted by Crippen LogP contribution is 2.31. The fourth-order valence-electron chi connectivity index (χ4n) is 2.41. The van der Waals surface area contributed by atoms with Crippen molar-refractivity contribution in [1.29, 1.82) is 0 Å². The van der Waals surface area contributed by atoms with E-state index in [0.717, 1.165) is 31.1 Å². The first-order valence-corrected chi connectivity index (χ1v) is 7.99. The molecule has 0 saturated carbocycles. The molecule has 0 aliphatic carbocycles. The van der Waals surface area contributed by atoms with E-state index >= 15 is 0 Å². The van der Waals surface area contributed by atoms with Crippen molar-refractivity contribution in [3.63, 3.8) is 0 Å². The molecule has 2 N–H and O–H groups in total. The summed E-state index contributed by atoms with van der Waals surface area (Å²) in [6.45, 7) is 6.84. The van der Waals surface area contributed by atoms with Crippen LogP contribution in [0.2, 0.25) is 0 Å². The summed E-state index contributed by atoms with van der Waals surface area (Å²) >= 11 is 1.73. The van der Waals surface area contributed by atoms with Crippen LogP contribution in [0.1, 0.15) is 49.6 Å². The molecule has 0 bridgehead atoms. The third-order valence-corrected chi connectivity index (χ3v) is 5.02. The summed E-state index contributed by atoms with van der Waals surface area (Å²) in [6.07, 6.45) is 3.81. The van der Waals surface area contributed by atoms with E-state index in [1.54, 1.807) is 11.3 Å². The predicted octanol–water partition coefficient (Wildman–Crippen LogP) is 2.73. The summed E-state index contributed by atoms with van der Waals surface area (Å²) in [5.74, 6) is 0.486. The zero-order valence-corrected chi connectivity index (χ0v) is 13.0. The second-order valence-corrected chi connectivity index (χ2v) is 6.40. The largest absolute Gasteiger partial charge is 0.376 e. The number of likely N-dealkylation sites (N-methyl/N-ethyl adjacent to an activating group) is 1. The standard InChI is InChI=1S/C14H25N3OS/c1-4-10(2)13-12(8-15)19-14(16-13)17(3)9-11-6-5-7-18-11/h10-11H,4-9,15H2,1-3H3. The second-order valence-electron chi connectivity index (χ2n) is 5.33. The maximum absolute atomic E-state index is 5.85. The molecule has 0 spiro atoms. The lowest BCUT2D eigenvalue weighted by Gasteiger charge is -2.19. The minimum absolute atomic E-state index is 0.363. The Morgan fingerprint density at radius 1 is 1.58 bits per heavy atom. The van der Waals surface area contributed by atoms with Crippen molar-refractivity contribution in [2.75, 3.05) is 25.1 Å². The summed E-state index contributed by atoms with van der Waals surface area (Å²) in [5, 5.41) is 1.08. The lowest BCUT2D eigenvalue weighted by molar-refractivity contribution is 0.116. The Hall–Kier alpha value is -0.650. The van der Waals surface area contributed by atoms with Crippen LogP contribution in [0.15, 0.2) is 0 Å². The molecule has 0 aromatic carbocycles. The van der Waals surface area contributed by atoms with E-state index in [1.807, 2.05) is 0 Å². The number of thiazole rings is 1. The molecule has 2 atom stereocenters. The first kappa shape index (κ1) is 14.8. The van der Waals surface area contributed by atoms with Crippen LogP contribution in [0, 0.1) is 0 Å². The van der Waals surface area contributed by atoms with Gasteiger partial charge in [0.15, 0.2) is 5.13 Å². The Bertz CT molecular complexity index is 401. The quantitative estimate of drug-likeness (QED) is 0.872. The average molecular weight is 283 g/mol. The number of anilines is 1. The Kier molecular flexibility index (Phi) is 5.19. The van der Waals surface area contributed by atoms with Gasteiger partial charge in [0.2, 0.25) is 0 Å². The van der Waals surface area contributed by atoms with Gasteiger partial charge >= 0.3 is 0 Å². The van der Waals surface area contributed by atoms with E-state index in [4.69, 9.17) is 15.5 Å². The van der Waals surface area contributed by atoms with Crippen molar-refractivity contribution in [2.45, 2.75) is 51.7 Å². The van der Waals surface area contributed by atoms with Gasteiger partial charge in [-0.1, -0.05) is 13.8 Å². The second kappa shape index (κ2) is 6.68. The van der Waals surface area contributed by atoms with E-state index in [1.165, 1.54) is 17.0 Å². The number of nitrogens with zero attached hydrogens (tertiary/aromatic N) is 2. The van der Waals surface area contributed by atoms with Crippen LogP contribution in [0.3, 0.4) is 0 Å². The number of hydrogen-bond acceptors (Lipinski definition) is 5. The Morgan fingerprint density at radius 3 is 2.95 bits per heavy atom. The van der Waals surface area contributed by atoms with Crippen LogP contribution in [0.4, 0.5) is 5.13 Å². The molecule has 1 fully saturated rings. The monoisotopic (exact) mass is 283 g/mol. The number of nitrogens with two attached hydrogens (primary N) is 1. The minimum atomic E-state index is 0.363. The number of hydrogen-bond donors (Lipinski definition) is 1. The van der Waals surface area contributed by atoms with Gasteiger partial charge in [0.05, 0.1) is 11.8 Å². The normalized spacial score (nSPS) is 20.7. The van der Waals surface area contributed by atoms with Crippen molar-refractivity contribution in [3.8, 4) is 0 Å². The molecule has 0 radical (unpaired) electrons. The Labute approximate surface area is 120 Å². The van der Waals surface area contributed by atoms with E-state index in [0.29, 0.717) is 18.6 Å². The zero-order chi connectivity index (χ0) is 13.8. The van der Waals surface area contributed by atoms with Gasteiger partial charge in [-0.25, -0.2) is 4.98 Å². The third kappa shape index (κ3) is 3.46. The molecular weight excluding hydrogens is 258 g/mol. The summed E-state index contributed by atoms with van der Waals surface area (Å²) in [4.78, 5) is 8.24. The van der Waals surface area contributed by atoms with Crippen LogP contribution in [0.5, 0.6) is 0 Å². The fourth-order valence-corrected chi connectivity index (χ4v) is 3.44. The fraction of sp³-hybridized carbons (Fsp3) is 0.786. The van der Waals surface area contributed by atoms with Crippen molar-refractivity contribution in [3.05, 3.63) is 10.6 Å². The van der Waals surface area contributed by atoms with Crippen LogP contribution in [-0.2, 0) is 11.3 Å². The SMILES string of the molecule is CCC(C)c1nc(N(C)CC2CCCO2)sc1CN. The molecule has 2 unspecified atom stereocenters. The topological polar surface area (TPSA) is 51.4 Å². The maximum atomic E-state index is 5.85. The average Bonchev–Trinajstić information content (AvgIpc) is 3.06. The lowest BCUT2D eigenvalue weighted by atomic mass is 10.0. The number of rotatable bonds is 6. The minimum Gasteiger partial charge on any atom is -0.376 e. The third-order valence-electron chi connectivity index (χ3n) is 3.81. The first-order chi connectivity index (χ1) is 9.15. The molecule has 2 rings (SSSR count). The molecule has 2 heterocycles. The van der Waals surface area contributed by atoms with Crippen molar-refractivity contribution < 1.29 is 4.74 Å². The Balaban J connectivity index is 2.08. The van der Waals surface area contributed by atoms with Gasteiger partial charge in [-0.05, 0) is 25.2 Å². The van der Waals surface area contributed by atoms with Gasteiger partial charge < -0.3 is 15.4 Å². The zero-order valence-electron chi connectivity index (χ0n) is 12.2.